The molecule has 1 aromatic rings. The van der Waals surface area contributed by atoms with E-state index in [1.54, 1.807) is 14.0 Å². The third-order valence-electron chi connectivity index (χ3n) is 1.94. The molecule has 13 heavy (non-hydrogen) atoms. The van der Waals surface area contributed by atoms with Crippen molar-refractivity contribution in [1.82, 2.24) is 4.57 Å². The maximum atomic E-state index is 11.3. The summed E-state index contributed by atoms with van der Waals surface area (Å²) >= 11 is 0. The van der Waals surface area contributed by atoms with Gasteiger partial charge in [0.15, 0.2) is 5.78 Å². The summed E-state index contributed by atoms with van der Waals surface area (Å²) in [5.74, 6) is 0.719. The largest absolute Gasteiger partial charge is 0.494 e. The van der Waals surface area contributed by atoms with Gasteiger partial charge < -0.3 is 9.30 Å². The Morgan fingerprint density at radius 3 is 2.77 bits per heavy atom. The van der Waals surface area contributed by atoms with E-state index in [0.29, 0.717) is 11.4 Å². The third-order valence-corrected chi connectivity index (χ3v) is 1.94. The van der Waals surface area contributed by atoms with Gasteiger partial charge in [-0.1, -0.05) is 6.92 Å². The number of ketones is 1. The molecule has 0 atom stereocenters. The fraction of sp³-hybridized carbons (Fsp3) is 0.500. The van der Waals surface area contributed by atoms with Crippen LogP contribution < -0.4 is 4.74 Å². The van der Waals surface area contributed by atoms with Gasteiger partial charge in [-0.3, -0.25) is 4.79 Å². The Kier molecular flexibility index (Phi) is 3.12. The van der Waals surface area contributed by atoms with E-state index in [1.165, 1.54) is 0 Å². The summed E-state index contributed by atoms with van der Waals surface area (Å²) in [6.45, 7) is 4.50. The molecule has 3 nitrogen and oxygen atoms in total. The molecule has 0 N–H and O–H groups in total. The van der Waals surface area contributed by atoms with E-state index in [0.717, 1.165) is 13.0 Å². The number of hydrogen-bond acceptors (Lipinski definition) is 2. The van der Waals surface area contributed by atoms with Gasteiger partial charge in [-0.05, 0) is 12.5 Å². The number of ether oxygens (including phenoxy) is 1. The minimum Gasteiger partial charge on any atom is -0.494 e. The molecule has 1 aromatic heterocycles. The summed E-state index contributed by atoms with van der Waals surface area (Å²) in [6, 6.07) is 1.83. The summed E-state index contributed by atoms with van der Waals surface area (Å²) in [6.07, 6.45) is 2.90. The normalized spacial score (nSPS) is 10.1. The van der Waals surface area contributed by atoms with Crippen molar-refractivity contribution < 1.29 is 9.53 Å². The van der Waals surface area contributed by atoms with E-state index < -0.39 is 0 Å². The van der Waals surface area contributed by atoms with Crippen molar-refractivity contribution >= 4 is 5.78 Å². The van der Waals surface area contributed by atoms with Gasteiger partial charge >= 0.3 is 0 Å². The monoisotopic (exact) mass is 181 g/mol. The second-order valence-corrected chi connectivity index (χ2v) is 2.98. The highest BCUT2D eigenvalue weighted by molar-refractivity contribution is 5.95. The summed E-state index contributed by atoms with van der Waals surface area (Å²) in [5.41, 5.74) is 0.671. The van der Waals surface area contributed by atoms with Crippen LogP contribution in [-0.4, -0.2) is 17.5 Å². The van der Waals surface area contributed by atoms with Crippen molar-refractivity contribution in [3.8, 4) is 5.75 Å². The van der Waals surface area contributed by atoms with Crippen molar-refractivity contribution in [1.29, 1.82) is 0 Å². The highest BCUT2D eigenvalue weighted by Crippen LogP contribution is 2.20. The first kappa shape index (κ1) is 9.84. The molecular weight excluding hydrogens is 166 g/mol. The molecule has 0 saturated heterocycles. The van der Waals surface area contributed by atoms with Crippen LogP contribution in [0.5, 0.6) is 5.75 Å². The smallest absolute Gasteiger partial charge is 0.179 e. The third kappa shape index (κ3) is 1.91. The molecule has 0 aliphatic heterocycles. The predicted molar refractivity (Wildman–Crippen MR) is 51.3 cm³/mol. The lowest BCUT2D eigenvalue weighted by Crippen LogP contribution is -2.06. The van der Waals surface area contributed by atoms with Crippen molar-refractivity contribution in [2.75, 3.05) is 7.11 Å². The lowest BCUT2D eigenvalue weighted by molar-refractivity contribution is 0.100. The predicted octanol–water partition coefficient (Wildman–Crippen LogP) is 2.11. The van der Waals surface area contributed by atoms with Crippen LogP contribution in [0.15, 0.2) is 12.3 Å². The average Bonchev–Trinajstić information content (AvgIpc) is 2.48. The minimum atomic E-state index is 0.0512. The van der Waals surface area contributed by atoms with Crippen molar-refractivity contribution in [2.24, 2.45) is 0 Å². The molecule has 72 valence electrons. The zero-order valence-corrected chi connectivity index (χ0v) is 8.33. The van der Waals surface area contributed by atoms with Crippen LogP contribution in [-0.2, 0) is 6.54 Å². The van der Waals surface area contributed by atoms with Crippen LogP contribution in [0.1, 0.15) is 30.8 Å². The number of rotatable bonds is 4. The van der Waals surface area contributed by atoms with Gasteiger partial charge in [0.05, 0.1) is 7.11 Å². The van der Waals surface area contributed by atoms with Crippen LogP contribution >= 0.6 is 0 Å². The van der Waals surface area contributed by atoms with Crippen molar-refractivity contribution in [3.05, 3.63) is 18.0 Å². The molecule has 0 saturated carbocycles. The molecular formula is C10H15NO2. The molecule has 1 heterocycles. The van der Waals surface area contributed by atoms with Crippen LogP contribution in [0.2, 0.25) is 0 Å². The van der Waals surface area contributed by atoms with E-state index in [1.807, 2.05) is 16.8 Å². The molecule has 0 aromatic carbocycles. The molecule has 0 unspecified atom stereocenters. The standard InChI is InChI=1S/C10H15NO2/c1-4-6-11-7-5-9(13-3)10(11)8(2)12/h5,7H,4,6H2,1-3H3. The number of carbonyl (C=O) groups excluding carboxylic acids is 1. The number of methoxy groups -OCH3 is 1. The summed E-state index contributed by atoms with van der Waals surface area (Å²) in [5, 5.41) is 0. The Morgan fingerprint density at radius 2 is 2.31 bits per heavy atom. The topological polar surface area (TPSA) is 31.2 Å². The van der Waals surface area contributed by atoms with Gasteiger partial charge in [0, 0.05) is 19.7 Å². The maximum absolute atomic E-state index is 11.3. The SMILES string of the molecule is CCCn1ccc(OC)c1C(C)=O. The van der Waals surface area contributed by atoms with E-state index in [2.05, 4.69) is 6.92 Å². The Labute approximate surface area is 78.3 Å². The van der Waals surface area contributed by atoms with Gasteiger partial charge in [-0.25, -0.2) is 0 Å². The van der Waals surface area contributed by atoms with Gasteiger partial charge in [0.25, 0.3) is 0 Å². The highest BCUT2D eigenvalue weighted by Gasteiger charge is 2.12. The van der Waals surface area contributed by atoms with Gasteiger partial charge in [0.2, 0.25) is 0 Å². The lowest BCUT2D eigenvalue weighted by Gasteiger charge is -2.06. The second kappa shape index (κ2) is 4.12. The summed E-state index contributed by atoms with van der Waals surface area (Å²) in [4.78, 5) is 11.3. The van der Waals surface area contributed by atoms with Gasteiger partial charge in [-0.15, -0.1) is 0 Å². The molecule has 0 fully saturated rings. The Hall–Kier alpha value is -1.25. The van der Waals surface area contributed by atoms with Gasteiger partial charge in [0.1, 0.15) is 11.4 Å². The van der Waals surface area contributed by atoms with Crippen molar-refractivity contribution in [3.63, 3.8) is 0 Å². The van der Waals surface area contributed by atoms with Crippen LogP contribution in [0.3, 0.4) is 0 Å². The molecule has 0 bridgehead atoms. The lowest BCUT2D eigenvalue weighted by atomic mass is 10.3. The van der Waals surface area contributed by atoms with E-state index >= 15 is 0 Å². The number of carbonyl (C=O) groups is 1. The number of hydrogen-bond donors (Lipinski definition) is 0. The first-order valence-corrected chi connectivity index (χ1v) is 4.44. The van der Waals surface area contributed by atoms with E-state index in [9.17, 15) is 4.79 Å². The average molecular weight is 181 g/mol. The number of Topliss-reactive ketones (excluding diaryl/α,β-unsaturated/α-hetero) is 1. The first-order valence-electron chi connectivity index (χ1n) is 4.44. The molecule has 3 heteroatoms. The number of nitrogens with zero attached hydrogens (tertiary/aromatic N) is 1. The Bertz CT molecular complexity index is 302. The Morgan fingerprint density at radius 1 is 1.62 bits per heavy atom. The van der Waals surface area contributed by atoms with Crippen LogP contribution in [0, 0.1) is 0 Å². The number of aromatic nitrogens is 1. The van der Waals surface area contributed by atoms with Gasteiger partial charge in [-0.2, -0.15) is 0 Å². The number of aryl methyl sites for hydroxylation is 1. The quantitative estimate of drug-likeness (QED) is 0.666. The molecule has 0 spiro atoms. The minimum absolute atomic E-state index is 0.0512. The zero-order chi connectivity index (χ0) is 9.84. The molecule has 1 rings (SSSR count). The summed E-state index contributed by atoms with van der Waals surface area (Å²) < 4.78 is 7.02. The second-order valence-electron chi connectivity index (χ2n) is 2.98. The highest BCUT2D eigenvalue weighted by atomic mass is 16.5. The van der Waals surface area contributed by atoms with E-state index in [-0.39, 0.29) is 5.78 Å². The Balaban J connectivity index is 3.06. The first-order chi connectivity index (χ1) is 6.20. The van der Waals surface area contributed by atoms with Crippen LogP contribution in [0.25, 0.3) is 0 Å². The maximum Gasteiger partial charge on any atom is 0.179 e. The fourth-order valence-corrected chi connectivity index (χ4v) is 1.42. The summed E-state index contributed by atoms with van der Waals surface area (Å²) in [7, 11) is 1.58. The zero-order valence-electron chi connectivity index (χ0n) is 8.33. The molecule has 0 aliphatic rings. The molecule has 0 radical (unpaired) electrons. The van der Waals surface area contributed by atoms with Crippen LogP contribution in [0.4, 0.5) is 0 Å². The van der Waals surface area contributed by atoms with E-state index in [4.69, 9.17) is 4.74 Å². The van der Waals surface area contributed by atoms with Crippen molar-refractivity contribution in [2.45, 2.75) is 26.8 Å². The fourth-order valence-electron chi connectivity index (χ4n) is 1.42. The molecule has 0 amide bonds. The molecule has 0 aliphatic carbocycles.